The zero-order chi connectivity index (χ0) is 23.0. The Morgan fingerprint density at radius 1 is 1.16 bits per heavy atom. The summed E-state index contributed by atoms with van der Waals surface area (Å²) in [7, 11) is 2.81. The van der Waals surface area contributed by atoms with E-state index in [4.69, 9.17) is 0 Å². The highest BCUT2D eigenvalue weighted by Gasteiger charge is 2.15. The van der Waals surface area contributed by atoms with Crippen molar-refractivity contribution in [3.63, 3.8) is 0 Å². The fraction of sp³-hybridized carbons (Fsp3) is 0.450. The van der Waals surface area contributed by atoms with Gasteiger partial charge in [-0.2, -0.15) is 5.26 Å². The monoisotopic (exact) mass is 430 g/mol. The van der Waals surface area contributed by atoms with E-state index in [0.717, 1.165) is 23.0 Å². The number of nitrogens with one attached hydrogen (secondary N) is 1. The molecule has 11 nitrogen and oxygen atoms in total. The fourth-order valence-corrected chi connectivity index (χ4v) is 3.25. The van der Waals surface area contributed by atoms with Crippen molar-refractivity contribution >= 4 is 11.5 Å². The highest BCUT2D eigenvalue weighted by atomic mass is 16.6. The molecule has 0 aliphatic rings. The summed E-state index contributed by atoms with van der Waals surface area (Å²) in [5, 5.41) is 32.3. The van der Waals surface area contributed by atoms with E-state index in [9.17, 15) is 30.1 Å². The number of benzene rings is 1. The van der Waals surface area contributed by atoms with Gasteiger partial charge in [0.15, 0.2) is 5.56 Å². The Morgan fingerprint density at radius 2 is 1.84 bits per heavy atom. The number of non-ortho nitro benzene ring substituents is 1. The van der Waals surface area contributed by atoms with Gasteiger partial charge in [0, 0.05) is 45.9 Å². The molecule has 0 unspecified atom stereocenters. The third-order valence-electron chi connectivity index (χ3n) is 5.00. The molecular formula is C20H26N6O5. The molecule has 0 fully saturated rings. The van der Waals surface area contributed by atoms with Gasteiger partial charge in [-0.3, -0.25) is 28.9 Å². The van der Waals surface area contributed by atoms with E-state index in [1.807, 2.05) is 11.0 Å². The molecule has 1 heterocycles. The van der Waals surface area contributed by atoms with Crippen LogP contribution in [0.15, 0.2) is 33.9 Å². The van der Waals surface area contributed by atoms with Gasteiger partial charge in [0.25, 0.3) is 11.2 Å². The van der Waals surface area contributed by atoms with E-state index in [0.29, 0.717) is 26.2 Å². The molecule has 0 atom stereocenters. The lowest BCUT2D eigenvalue weighted by molar-refractivity contribution is -0.384. The lowest BCUT2D eigenvalue weighted by Crippen LogP contribution is -2.40. The third kappa shape index (κ3) is 6.00. The van der Waals surface area contributed by atoms with E-state index in [-0.39, 0.29) is 23.7 Å². The summed E-state index contributed by atoms with van der Waals surface area (Å²) in [6.07, 6.45) is 1.51. The van der Waals surface area contributed by atoms with Crippen LogP contribution in [0.3, 0.4) is 0 Å². The summed E-state index contributed by atoms with van der Waals surface area (Å²) in [6.45, 7) is 2.00. The predicted octanol–water partition coefficient (Wildman–Crippen LogP) is 0.203. The molecule has 0 aliphatic carbocycles. The molecule has 0 spiro atoms. The minimum atomic E-state index is -0.650. The predicted molar refractivity (Wildman–Crippen MR) is 115 cm³/mol. The Balaban J connectivity index is 1.94. The van der Waals surface area contributed by atoms with E-state index < -0.39 is 16.2 Å². The Morgan fingerprint density at radius 3 is 2.42 bits per heavy atom. The number of aromatic nitrogens is 2. The second kappa shape index (κ2) is 11.1. The molecule has 0 saturated carbocycles. The van der Waals surface area contributed by atoms with Crippen LogP contribution in [-0.2, 0) is 20.5 Å². The molecule has 0 aliphatic heterocycles. The first kappa shape index (κ1) is 23.8. The Hall–Kier alpha value is -3.49. The average molecular weight is 430 g/mol. The SMILES string of the molecule is Cn1c(NCCN(CCO)CCCc2ccc([N+](=O)[O-])cc2)c(C#N)c(=O)n(C)c1=O. The molecule has 2 aromatic rings. The molecule has 11 heteroatoms. The average Bonchev–Trinajstić information content (AvgIpc) is 2.76. The molecule has 2 rings (SSSR count). The number of anilines is 1. The number of aliphatic hydroxyl groups excluding tert-OH is 1. The van der Waals surface area contributed by atoms with Gasteiger partial charge in [0.2, 0.25) is 0 Å². The molecule has 0 amide bonds. The molecule has 1 aromatic carbocycles. The molecule has 1 aromatic heterocycles. The number of aryl methyl sites for hydroxylation is 1. The second-order valence-corrected chi connectivity index (χ2v) is 7.06. The van der Waals surface area contributed by atoms with Crippen molar-refractivity contribution in [1.29, 1.82) is 5.26 Å². The number of rotatable bonds is 11. The van der Waals surface area contributed by atoms with Gasteiger partial charge < -0.3 is 10.4 Å². The minimum absolute atomic E-state index is 0.0225. The number of nitro groups is 1. The van der Waals surface area contributed by atoms with Crippen LogP contribution < -0.4 is 16.6 Å². The Kier molecular flexibility index (Phi) is 8.48. The summed E-state index contributed by atoms with van der Waals surface area (Å²) < 4.78 is 2.12. The molecule has 0 radical (unpaired) electrons. The molecule has 0 saturated heterocycles. The van der Waals surface area contributed by atoms with Crippen LogP contribution in [0.4, 0.5) is 11.5 Å². The van der Waals surface area contributed by atoms with Gasteiger partial charge in [-0.15, -0.1) is 0 Å². The van der Waals surface area contributed by atoms with Crippen LogP contribution >= 0.6 is 0 Å². The van der Waals surface area contributed by atoms with Crippen LogP contribution in [0.25, 0.3) is 0 Å². The largest absolute Gasteiger partial charge is 0.395 e. The lowest BCUT2D eigenvalue weighted by atomic mass is 10.1. The van der Waals surface area contributed by atoms with Gasteiger partial charge in [0.05, 0.1) is 11.5 Å². The van der Waals surface area contributed by atoms with Crippen LogP contribution in [0.5, 0.6) is 0 Å². The zero-order valence-electron chi connectivity index (χ0n) is 17.6. The van der Waals surface area contributed by atoms with Crippen molar-refractivity contribution in [3.05, 3.63) is 66.3 Å². The number of nitriles is 1. The van der Waals surface area contributed by atoms with Crippen molar-refractivity contribution in [2.75, 3.05) is 38.1 Å². The van der Waals surface area contributed by atoms with Crippen molar-refractivity contribution in [2.45, 2.75) is 12.8 Å². The van der Waals surface area contributed by atoms with Crippen molar-refractivity contribution in [3.8, 4) is 6.07 Å². The standard InChI is InChI=1S/C20H26N6O5/c1-23-18(17(14-21)19(28)24(2)20(23)29)22-9-11-25(12-13-27)10-3-4-15-5-7-16(8-6-15)26(30)31/h5-8,22,27H,3-4,9-13H2,1-2H3. The number of nitro benzene ring substituents is 1. The highest BCUT2D eigenvalue weighted by Crippen LogP contribution is 2.13. The highest BCUT2D eigenvalue weighted by molar-refractivity contribution is 5.51. The van der Waals surface area contributed by atoms with Gasteiger partial charge in [-0.25, -0.2) is 4.79 Å². The Bertz CT molecular complexity index is 1070. The first-order valence-corrected chi connectivity index (χ1v) is 9.80. The molecule has 0 bridgehead atoms. The lowest BCUT2D eigenvalue weighted by Gasteiger charge is -2.22. The van der Waals surface area contributed by atoms with Crippen LogP contribution in [-0.4, -0.2) is 56.8 Å². The first-order chi connectivity index (χ1) is 14.8. The first-order valence-electron chi connectivity index (χ1n) is 9.80. The summed E-state index contributed by atoms with van der Waals surface area (Å²) in [5.74, 6) is 0.172. The molecule has 166 valence electrons. The van der Waals surface area contributed by atoms with Gasteiger partial charge in [-0.1, -0.05) is 12.1 Å². The minimum Gasteiger partial charge on any atom is -0.395 e. The molecule has 31 heavy (non-hydrogen) atoms. The fourth-order valence-electron chi connectivity index (χ4n) is 3.25. The number of hydrogen-bond acceptors (Lipinski definition) is 8. The van der Waals surface area contributed by atoms with Crippen LogP contribution in [0, 0.1) is 21.4 Å². The quantitative estimate of drug-likeness (QED) is 0.380. The van der Waals surface area contributed by atoms with E-state index >= 15 is 0 Å². The normalized spacial score (nSPS) is 10.8. The maximum atomic E-state index is 12.1. The summed E-state index contributed by atoms with van der Waals surface area (Å²) in [4.78, 5) is 36.5. The van der Waals surface area contributed by atoms with Gasteiger partial charge in [-0.05, 0) is 24.9 Å². The van der Waals surface area contributed by atoms with E-state index in [1.165, 1.54) is 30.8 Å². The Labute approximate surface area is 178 Å². The summed E-state index contributed by atoms with van der Waals surface area (Å²) >= 11 is 0. The maximum absolute atomic E-state index is 12.1. The smallest absolute Gasteiger partial charge is 0.332 e. The van der Waals surface area contributed by atoms with E-state index in [1.54, 1.807) is 12.1 Å². The van der Waals surface area contributed by atoms with Crippen molar-refractivity contribution < 1.29 is 10.0 Å². The van der Waals surface area contributed by atoms with Crippen LogP contribution in [0.2, 0.25) is 0 Å². The van der Waals surface area contributed by atoms with Gasteiger partial charge >= 0.3 is 5.69 Å². The summed E-state index contributed by atoms with van der Waals surface area (Å²) in [5.41, 5.74) is -0.262. The molecular weight excluding hydrogens is 404 g/mol. The van der Waals surface area contributed by atoms with Crippen molar-refractivity contribution in [2.24, 2.45) is 14.1 Å². The zero-order valence-corrected chi connectivity index (χ0v) is 17.6. The number of hydrogen-bond donors (Lipinski definition) is 2. The summed E-state index contributed by atoms with van der Waals surface area (Å²) in [6, 6.07) is 8.27. The topological polar surface area (TPSA) is 146 Å². The van der Waals surface area contributed by atoms with Crippen LogP contribution in [0.1, 0.15) is 17.5 Å². The second-order valence-electron chi connectivity index (χ2n) is 7.06. The van der Waals surface area contributed by atoms with Gasteiger partial charge in [0.1, 0.15) is 11.9 Å². The van der Waals surface area contributed by atoms with Crippen molar-refractivity contribution in [1.82, 2.24) is 14.0 Å². The number of aliphatic hydroxyl groups is 1. The number of nitrogens with zero attached hydrogens (tertiary/aromatic N) is 5. The van der Waals surface area contributed by atoms with E-state index in [2.05, 4.69) is 5.32 Å². The third-order valence-corrected chi connectivity index (χ3v) is 5.00. The maximum Gasteiger partial charge on any atom is 0.332 e. The molecule has 2 N–H and O–H groups in total.